The molecular weight excluding hydrogens is 310 g/mol. The first-order valence-electron chi connectivity index (χ1n) is 7.91. The SMILES string of the molecule is CC(=O)NC[C@]1(O)CCN(C(=O)c2cc3ccccc3[nH]2)C[C@H]1O. The molecule has 0 bridgehead atoms. The van der Waals surface area contributed by atoms with Crippen molar-refractivity contribution in [3.8, 4) is 0 Å². The third-order valence-electron chi connectivity index (χ3n) is 4.52. The highest BCUT2D eigenvalue weighted by atomic mass is 16.3. The summed E-state index contributed by atoms with van der Waals surface area (Å²) in [4.78, 5) is 28.2. The number of β-amino-alcohol motifs (C(OH)–C–C–N with tert-alkyl or cyclic N) is 1. The maximum absolute atomic E-state index is 12.6. The zero-order chi connectivity index (χ0) is 17.3. The van der Waals surface area contributed by atoms with Gasteiger partial charge in [0.1, 0.15) is 17.4 Å². The highest BCUT2D eigenvalue weighted by molar-refractivity contribution is 5.98. The van der Waals surface area contributed by atoms with Crippen molar-refractivity contribution in [1.29, 1.82) is 0 Å². The van der Waals surface area contributed by atoms with E-state index in [4.69, 9.17) is 0 Å². The Kier molecular flexibility index (Phi) is 4.29. The van der Waals surface area contributed by atoms with E-state index in [0.717, 1.165) is 10.9 Å². The number of rotatable bonds is 3. The smallest absolute Gasteiger partial charge is 0.270 e. The summed E-state index contributed by atoms with van der Waals surface area (Å²) in [6.45, 7) is 1.65. The standard InChI is InChI=1S/C17H21N3O4/c1-11(21)18-10-17(24)6-7-20(9-15(17)22)16(23)14-8-12-4-2-3-5-13(12)19-14/h2-5,8,15,19,22,24H,6-7,9-10H2,1H3,(H,18,21)/t15-,17-/m1/s1. The van der Waals surface area contributed by atoms with Gasteiger partial charge in [-0.15, -0.1) is 0 Å². The van der Waals surface area contributed by atoms with Crippen molar-refractivity contribution in [3.63, 3.8) is 0 Å². The van der Waals surface area contributed by atoms with Crippen LogP contribution in [0, 0.1) is 0 Å². The molecule has 0 radical (unpaired) electrons. The molecule has 2 heterocycles. The highest BCUT2D eigenvalue weighted by Crippen LogP contribution is 2.24. The van der Waals surface area contributed by atoms with Crippen molar-refractivity contribution >= 4 is 22.7 Å². The fourth-order valence-electron chi connectivity index (χ4n) is 2.99. The number of amides is 2. The van der Waals surface area contributed by atoms with Gasteiger partial charge in [-0.05, 0) is 18.6 Å². The number of hydrogen-bond donors (Lipinski definition) is 4. The molecule has 1 saturated heterocycles. The van der Waals surface area contributed by atoms with Gasteiger partial charge in [-0.2, -0.15) is 0 Å². The molecule has 0 aliphatic carbocycles. The average molecular weight is 331 g/mol. The molecule has 1 aromatic heterocycles. The molecule has 2 amide bonds. The minimum Gasteiger partial charge on any atom is -0.388 e. The quantitative estimate of drug-likeness (QED) is 0.646. The van der Waals surface area contributed by atoms with Crippen LogP contribution in [0.4, 0.5) is 0 Å². The Morgan fingerprint density at radius 2 is 2.17 bits per heavy atom. The van der Waals surface area contributed by atoms with Crippen LogP contribution in [0.2, 0.25) is 0 Å². The average Bonchev–Trinajstić information content (AvgIpc) is 2.99. The van der Waals surface area contributed by atoms with Crippen molar-refractivity contribution in [2.24, 2.45) is 0 Å². The number of aromatic amines is 1. The molecule has 1 aliphatic rings. The summed E-state index contributed by atoms with van der Waals surface area (Å²) >= 11 is 0. The summed E-state index contributed by atoms with van der Waals surface area (Å²) in [7, 11) is 0. The number of fused-ring (bicyclic) bond motifs is 1. The van der Waals surface area contributed by atoms with Gasteiger partial charge in [-0.1, -0.05) is 18.2 Å². The molecule has 7 nitrogen and oxygen atoms in total. The Labute approximate surface area is 139 Å². The number of aromatic nitrogens is 1. The van der Waals surface area contributed by atoms with Gasteiger partial charge < -0.3 is 25.4 Å². The molecule has 128 valence electrons. The van der Waals surface area contributed by atoms with Crippen molar-refractivity contribution in [2.45, 2.75) is 25.0 Å². The van der Waals surface area contributed by atoms with Crippen molar-refractivity contribution in [1.82, 2.24) is 15.2 Å². The van der Waals surface area contributed by atoms with Crippen LogP contribution in [0.25, 0.3) is 10.9 Å². The second-order valence-electron chi connectivity index (χ2n) is 6.30. The lowest BCUT2D eigenvalue weighted by Crippen LogP contribution is -2.61. The number of likely N-dealkylation sites (tertiary alicyclic amines) is 1. The van der Waals surface area contributed by atoms with Gasteiger partial charge in [0.15, 0.2) is 0 Å². The van der Waals surface area contributed by atoms with Crippen LogP contribution < -0.4 is 5.32 Å². The van der Waals surface area contributed by atoms with E-state index in [1.54, 1.807) is 6.07 Å². The van der Waals surface area contributed by atoms with E-state index in [1.165, 1.54) is 11.8 Å². The normalized spacial score (nSPS) is 24.1. The van der Waals surface area contributed by atoms with Gasteiger partial charge in [0.25, 0.3) is 5.91 Å². The molecule has 4 N–H and O–H groups in total. The van der Waals surface area contributed by atoms with Gasteiger partial charge in [0.05, 0.1) is 0 Å². The highest BCUT2D eigenvalue weighted by Gasteiger charge is 2.42. The summed E-state index contributed by atoms with van der Waals surface area (Å²) in [5.41, 5.74) is -0.0839. The lowest BCUT2D eigenvalue weighted by atomic mass is 9.88. The lowest BCUT2D eigenvalue weighted by Gasteiger charge is -2.41. The maximum atomic E-state index is 12.6. The van der Waals surface area contributed by atoms with Crippen LogP contribution in [-0.4, -0.2) is 63.3 Å². The van der Waals surface area contributed by atoms with Crippen LogP contribution in [0.3, 0.4) is 0 Å². The number of aliphatic hydroxyl groups excluding tert-OH is 1. The molecule has 2 atom stereocenters. The predicted molar refractivity (Wildman–Crippen MR) is 88.5 cm³/mol. The Morgan fingerprint density at radius 1 is 1.42 bits per heavy atom. The van der Waals surface area contributed by atoms with Gasteiger partial charge in [-0.3, -0.25) is 9.59 Å². The van der Waals surface area contributed by atoms with E-state index >= 15 is 0 Å². The molecular formula is C17H21N3O4. The minimum atomic E-state index is -1.41. The monoisotopic (exact) mass is 331 g/mol. The van der Waals surface area contributed by atoms with Crippen LogP contribution in [0.5, 0.6) is 0 Å². The Bertz CT molecular complexity index is 739. The number of hydrogen-bond acceptors (Lipinski definition) is 4. The van der Waals surface area contributed by atoms with Crippen LogP contribution in [-0.2, 0) is 4.79 Å². The van der Waals surface area contributed by atoms with E-state index in [-0.39, 0.29) is 31.3 Å². The Morgan fingerprint density at radius 3 is 2.83 bits per heavy atom. The van der Waals surface area contributed by atoms with Gasteiger partial charge in [-0.25, -0.2) is 0 Å². The second kappa shape index (κ2) is 6.26. The number of benzene rings is 1. The molecule has 2 aromatic rings. The van der Waals surface area contributed by atoms with E-state index in [1.807, 2.05) is 24.3 Å². The zero-order valence-electron chi connectivity index (χ0n) is 13.5. The van der Waals surface area contributed by atoms with E-state index < -0.39 is 11.7 Å². The number of nitrogens with one attached hydrogen (secondary N) is 2. The number of H-pyrrole nitrogens is 1. The summed E-state index contributed by atoms with van der Waals surface area (Å²) < 4.78 is 0. The first-order chi connectivity index (χ1) is 11.4. The van der Waals surface area contributed by atoms with Crippen molar-refractivity contribution in [3.05, 3.63) is 36.0 Å². The van der Waals surface area contributed by atoms with Crippen LogP contribution >= 0.6 is 0 Å². The fourth-order valence-corrected chi connectivity index (χ4v) is 2.99. The number of piperidine rings is 1. The van der Waals surface area contributed by atoms with Crippen LogP contribution in [0.15, 0.2) is 30.3 Å². The molecule has 1 aromatic carbocycles. The number of carbonyl (C=O) groups is 2. The van der Waals surface area contributed by atoms with Crippen LogP contribution in [0.1, 0.15) is 23.8 Å². The Balaban J connectivity index is 1.70. The van der Waals surface area contributed by atoms with Crippen molar-refractivity contribution in [2.75, 3.05) is 19.6 Å². The lowest BCUT2D eigenvalue weighted by molar-refractivity contribution is -0.127. The molecule has 0 unspecified atom stereocenters. The largest absolute Gasteiger partial charge is 0.388 e. The van der Waals surface area contributed by atoms with Gasteiger partial charge >= 0.3 is 0 Å². The number of para-hydroxylation sites is 1. The van der Waals surface area contributed by atoms with E-state index in [0.29, 0.717) is 12.2 Å². The number of carbonyl (C=O) groups excluding carboxylic acids is 2. The fraction of sp³-hybridized carbons (Fsp3) is 0.412. The molecule has 0 spiro atoms. The molecule has 1 fully saturated rings. The Hall–Kier alpha value is -2.38. The molecule has 3 rings (SSSR count). The molecule has 24 heavy (non-hydrogen) atoms. The van der Waals surface area contributed by atoms with Crippen molar-refractivity contribution < 1.29 is 19.8 Å². The first-order valence-corrected chi connectivity index (χ1v) is 7.91. The number of aliphatic hydroxyl groups is 2. The summed E-state index contributed by atoms with van der Waals surface area (Å²) in [6, 6.07) is 9.38. The van der Waals surface area contributed by atoms with E-state index in [9.17, 15) is 19.8 Å². The van der Waals surface area contributed by atoms with Gasteiger partial charge in [0, 0.05) is 37.5 Å². The third kappa shape index (κ3) is 3.13. The molecule has 7 heteroatoms. The molecule has 0 saturated carbocycles. The third-order valence-corrected chi connectivity index (χ3v) is 4.52. The summed E-state index contributed by atoms with van der Waals surface area (Å²) in [6.07, 6.45) is -0.924. The second-order valence-corrected chi connectivity index (χ2v) is 6.30. The molecule has 1 aliphatic heterocycles. The predicted octanol–water partition coefficient (Wildman–Crippen LogP) is 0.242. The summed E-state index contributed by atoms with van der Waals surface area (Å²) in [5.74, 6) is -0.487. The topological polar surface area (TPSA) is 106 Å². The summed E-state index contributed by atoms with van der Waals surface area (Å²) in [5, 5.41) is 24.2. The number of nitrogens with zero attached hydrogens (tertiary/aromatic N) is 1. The van der Waals surface area contributed by atoms with E-state index in [2.05, 4.69) is 10.3 Å². The maximum Gasteiger partial charge on any atom is 0.270 e. The minimum absolute atomic E-state index is 0.0181. The van der Waals surface area contributed by atoms with Gasteiger partial charge in [0.2, 0.25) is 5.91 Å². The zero-order valence-corrected chi connectivity index (χ0v) is 13.5. The first kappa shape index (κ1) is 16.5.